The SMILES string of the molecule is COC(=O)/C=C/c1ccc(/C=C/C(C)=O)o1. The molecule has 16 heavy (non-hydrogen) atoms. The van der Waals surface area contributed by atoms with Gasteiger partial charge in [-0.05, 0) is 37.3 Å². The smallest absolute Gasteiger partial charge is 0.330 e. The molecular formula is C12H12O4. The second kappa shape index (κ2) is 5.70. The molecule has 0 radical (unpaired) electrons. The predicted octanol–water partition coefficient (Wildman–Crippen LogP) is 2.07. The molecule has 0 unspecified atom stereocenters. The quantitative estimate of drug-likeness (QED) is 0.575. The number of hydrogen-bond acceptors (Lipinski definition) is 4. The average molecular weight is 220 g/mol. The van der Waals surface area contributed by atoms with Crippen molar-refractivity contribution in [3.63, 3.8) is 0 Å². The fourth-order valence-corrected chi connectivity index (χ4v) is 0.965. The summed E-state index contributed by atoms with van der Waals surface area (Å²) >= 11 is 0. The Labute approximate surface area is 93.2 Å². The van der Waals surface area contributed by atoms with Gasteiger partial charge in [0.05, 0.1) is 7.11 Å². The molecule has 1 heterocycles. The van der Waals surface area contributed by atoms with Crippen molar-refractivity contribution in [3.05, 3.63) is 35.8 Å². The fraction of sp³-hybridized carbons (Fsp3) is 0.167. The largest absolute Gasteiger partial charge is 0.466 e. The minimum atomic E-state index is -0.447. The van der Waals surface area contributed by atoms with Crippen molar-refractivity contribution in [3.8, 4) is 0 Å². The van der Waals surface area contributed by atoms with Crippen LogP contribution in [0.2, 0.25) is 0 Å². The molecular weight excluding hydrogens is 208 g/mol. The number of esters is 1. The summed E-state index contributed by atoms with van der Waals surface area (Å²) < 4.78 is 9.73. The van der Waals surface area contributed by atoms with Gasteiger partial charge in [0.15, 0.2) is 5.78 Å². The molecule has 0 aliphatic carbocycles. The highest BCUT2D eigenvalue weighted by Gasteiger charge is 1.97. The van der Waals surface area contributed by atoms with Crippen LogP contribution >= 0.6 is 0 Å². The van der Waals surface area contributed by atoms with Gasteiger partial charge in [-0.2, -0.15) is 0 Å². The predicted molar refractivity (Wildman–Crippen MR) is 59.5 cm³/mol. The van der Waals surface area contributed by atoms with Crippen LogP contribution in [0.25, 0.3) is 12.2 Å². The minimum Gasteiger partial charge on any atom is -0.466 e. The van der Waals surface area contributed by atoms with E-state index in [4.69, 9.17) is 4.42 Å². The van der Waals surface area contributed by atoms with E-state index < -0.39 is 5.97 Å². The van der Waals surface area contributed by atoms with Crippen molar-refractivity contribution in [1.29, 1.82) is 0 Å². The maximum absolute atomic E-state index is 10.8. The Morgan fingerprint density at radius 3 is 2.25 bits per heavy atom. The van der Waals surface area contributed by atoms with Crippen LogP contribution in [0.15, 0.2) is 28.7 Å². The molecule has 0 aliphatic heterocycles. The lowest BCUT2D eigenvalue weighted by Crippen LogP contribution is -1.92. The Kier molecular flexibility index (Phi) is 4.27. The van der Waals surface area contributed by atoms with E-state index in [0.717, 1.165) is 0 Å². The van der Waals surface area contributed by atoms with Crippen LogP contribution in [-0.2, 0) is 14.3 Å². The summed E-state index contributed by atoms with van der Waals surface area (Å²) in [6.07, 6.45) is 5.73. The van der Waals surface area contributed by atoms with Crippen molar-refractivity contribution >= 4 is 23.9 Å². The van der Waals surface area contributed by atoms with Crippen LogP contribution in [0.1, 0.15) is 18.4 Å². The molecule has 0 fully saturated rings. The summed E-state index contributed by atoms with van der Waals surface area (Å²) in [4.78, 5) is 21.5. The van der Waals surface area contributed by atoms with Crippen LogP contribution in [0.4, 0.5) is 0 Å². The van der Waals surface area contributed by atoms with E-state index in [9.17, 15) is 9.59 Å². The van der Waals surface area contributed by atoms with Crippen LogP contribution < -0.4 is 0 Å². The van der Waals surface area contributed by atoms with Gasteiger partial charge in [-0.3, -0.25) is 4.79 Å². The molecule has 0 saturated carbocycles. The zero-order valence-electron chi connectivity index (χ0n) is 9.10. The molecule has 0 aliphatic rings. The zero-order valence-corrected chi connectivity index (χ0v) is 9.10. The number of ether oxygens (including phenoxy) is 1. The van der Waals surface area contributed by atoms with Crippen LogP contribution in [-0.4, -0.2) is 18.9 Å². The number of carbonyl (C=O) groups is 2. The molecule has 1 aromatic heterocycles. The van der Waals surface area contributed by atoms with E-state index in [2.05, 4.69) is 4.74 Å². The average Bonchev–Trinajstić information content (AvgIpc) is 2.71. The van der Waals surface area contributed by atoms with E-state index in [1.54, 1.807) is 18.2 Å². The second-order valence-corrected chi connectivity index (χ2v) is 3.04. The van der Waals surface area contributed by atoms with E-state index >= 15 is 0 Å². The second-order valence-electron chi connectivity index (χ2n) is 3.04. The summed E-state index contributed by atoms with van der Waals surface area (Å²) in [5.41, 5.74) is 0. The number of furan rings is 1. The zero-order chi connectivity index (χ0) is 12.0. The van der Waals surface area contributed by atoms with E-state index in [1.807, 2.05) is 0 Å². The van der Waals surface area contributed by atoms with Gasteiger partial charge in [-0.15, -0.1) is 0 Å². The maximum Gasteiger partial charge on any atom is 0.330 e. The normalized spacial score (nSPS) is 11.1. The summed E-state index contributed by atoms with van der Waals surface area (Å²) in [7, 11) is 1.30. The van der Waals surface area contributed by atoms with Gasteiger partial charge in [-0.1, -0.05) is 0 Å². The van der Waals surface area contributed by atoms with Gasteiger partial charge in [-0.25, -0.2) is 4.79 Å². The highest BCUT2D eigenvalue weighted by molar-refractivity contribution is 5.91. The Bertz CT molecular complexity index is 438. The number of carbonyl (C=O) groups excluding carboxylic acids is 2. The molecule has 0 spiro atoms. The molecule has 84 valence electrons. The monoisotopic (exact) mass is 220 g/mol. The first-order chi connectivity index (χ1) is 7.61. The van der Waals surface area contributed by atoms with Crippen molar-refractivity contribution < 1.29 is 18.7 Å². The third kappa shape index (κ3) is 3.96. The Hall–Kier alpha value is -2.10. The van der Waals surface area contributed by atoms with Gasteiger partial charge in [0.2, 0.25) is 0 Å². The lowest BCUT2D eigenvalue weighted by molar-refractivity contribution is -0.134. The van der Waals surface area contributed by atoms with Gasteiger partial charge in [0, 0.05) is 6.08 Å². The molecule has 1 rings (SSSR count). The first-order valence-electron chi connectivity index (χ1n) is 4.66. The first kappa shape index (κ1) is 12.0. The van der Waals surface area contributed by atoms with Gasteiger partial charge < -0.3 is 9.15 Å². The van der Waals surface area contributed by atoms with Crippen molar-refractivity contribution in [2.45, 2.75) is 6.92 Å². The minimum absolute atomic E-state index is 0.0527. The molecule has 0 saturated heterocycles. The highest BCUT2D eigenvalue weighted by Crippen LogP contribution is 2.11. The summed E-state index contributed by atoms with van der Waals surface area (Å²) in [6, 6.07) is 3.40. The van der Waals surface area contributed by atoms with Gasteiger partial charge >= 0.3 is 5.97 Å². The topological polar surface area (TPSA) is 56.5 Å². The molecule has 0 bridgehead atoms. The number of ketones is 1. The van der Waals surface area contributed by atoms with Crippen molar-refractivity contribution in [2.75, 3.05) is 7.11 Å². The number of hydrogen-bond donors (Lipinski definition) is 0. The molecule has 0 atom stereocenters. The number of methoxy groups -OCH3 is 1. The van der Waals surface area contributed by atoms with Gasteiger partial charge in [0.1, 0.15) is 11.5 Å². The Balaban J connectivity index is 2.68. The molecule has 0 N–H and O–H groups in total. The van der Waals surface area contributed by atoms with Crippen LogP contribution in [0.5, 0.6) is 0 Å². The fourth-order valence-electron chi connectivity index (χ4n) is 0.965. The third-order valence-electron chi connectivity index (χ3n) is 1.71. The van der Waals surface area contributed by atoms with Crippen molar-refractivity contribution in [1.82, 2.24) is 0 Å². The van der Waals surface area contributed by atoms with Crippen LogP contribution in [0.3, 0.4) is 0 Å². The number of allylic oxidation sites excluding steroid dienone is 1. The standard InChI is InChI=1S/C12H12O4/c1-9(13)3-4-10-5-6-11(16-10)7-8-12(14)15-2/h3-8H,1-2H3/b4-3+,8-7+. The molecule has 4 nitrogen and oxygen atoms in total. The van der Waals surface area contributed by atoms with Crippen molar-refractivity contribution in [2.24, 2.45) is 0 Å². The third-order valence-corrected chi connectivity index (χ3v) is 1.71. The first-order valence-corrected chi connectivity index (χ1v) is 4.66. The molecule has 0 aromatic carbocycles. The lowest BCUT2D eigenvalue weighted by Gasteiger charge is -1.88. The van der Waals surface area contributed by atoms with E-state index in [1.165, 1.54) is 32.3 Å². The summed E-state index contributed by atoms with van der Waals surface area (Å²) in [6.45, 7) is 1.46. The van der Waals surface area contributed by atoms with Gasteiger partial charge in [0.25, 0.3) is 0 Å². The Morgan fingerprint density at radius 2 is 1.75 bits per heavy atom. The van der Waals surface area contributed by atoms with Crippen LogP contribution in [0, 0.1) is 0 Å². The lowest BCUT2D eigenvalue weighted by atomic mass is 10.3. The molecule has 0 amide bonds. The Morgan fingerprint density at radius 1 is 1.19 bits per heavy atom. The highest BCUT2D eigenvalue weighted by atomic mass is 16.5. The maximum atomic E-state index is 10.8. The number of rotatable bonds is 4. The molecule has 1 aromatic rings. The van der Waals surface area contributed by atoms with E-state index in [-0.39, 0.29) is 5.78 Å². The summed E-state index contributed by atoms with van der Waals surface area (Å²) in [5.74, 6) is 0.577. The van der Waals surface area contributed by atoms with E-state index in [0.29, 0.717) is 11.5 Å². The molecule has 4 heteroatoms. The summed E-state index contributed by atoms with van der Waals surface area (Å²) in [5, 5.41) is 0.